The first-order chi connectivity index (χ1) is 15.5. The molecule has 1 aliphatic heterocycles. The van der Waals surface area contributed by atoms with Crippen LogP contribution in [0.4, 0.5) is 4.79 Å². The van der Waals surface area contributed by atoms with Gasteiger partial charge in [-0.2, -0.15) is 0 Å². The van der Waals surface area contributed by atoms with Gasteiger partial charge >= 0.3 is 6.03 Å². The number of urea groups is 1. The van der Waals surface area contributed by atoms with Crippen LogP contribution >= 0.6 is 23.2 Å². The SMILES string of the molecule is Cc1ccc([C@@H]2CC[C@@]3(NC(=O)NC(C)(C)C)C(=O)NC[C@H]3[C@H]2c2ccc(Cl)cc2)c(Cl)c1. The highest BCUT2D eigenvalue weighted by Gasteiger charge is 2.58. The second-order valence-corrected chi connectivity index (χ2v) is 11.2. The average molecular weight is 488 g/mol. The van der Waals surface area contributed by atoms with Crippen molar-refractivity contribution >= 4 is 35.1 Å². The van der Waals surface area contributed by atoms with Gasteiger partial charge in [0.05, 0.1) is 0 Å². The third-order valence-electron chi connectivity index (χ3n) is 6.87. The van der Waals surface area contributed by atoms with E-state index >= 15 is 0 Å². The second-order valence-electron chi connectivity index (χ2n) is 10.4. The Kier molecular flexibility index (Phi) is 6.41. The van der Waals surface area contributed by atoms with Gasteiger partial charge in [-0.25, -0.2) is 4.79 Å². The lowest BCUT2D eigenvalue weighted by Gasteiger charge is -2.47. The van der Waals surface area contributed by atoms with E-state index in [1.807, 2.05) is 58.0 Å². The topological polar surface area (TPSA) is 70.2 Å². The summed E-state index contributed by atoms with van der Waals surface area (Å²) >= 11 is 12.9. The molecule has 33 heavy (non-hydrogen) atoms. The zero-order valence-corrected chi connectivity index (χ0v) is 21.0. The van der Waals surface area contributed by atoms with E-state index in [0.717, 1.165) is 28.1 Å². The van der Waals surface area contributed by atoms with Gasteiger partial charge in [0.1, 0.15) is 5.54 Å². The number of fused-ring (bicyclic) bond motifs is 1. The van der Waals surface area contributed by atoms with Gasteiger partial charge in [0.15, 0.2) is 0 Å². The highest BCUT2D eigenvalue weighted by Crippen LogP contribution is 2.54. The molecule has 1 saturated heterocycles. The molecule has 0 bridgehead atoms. The smallest absolute Gasteiger partial charge is 0.316 e. The highest BCUT2D eigenvalue weighted by atomic mass is 35.5. The standard InChI is InChI=1S/C26H31Cl2N3O2/c1-15-5-10-18(21(28)13-15)19-11-12-26(31-24(33)30-25(2,3)4)20(14-29-23(26)32)22(19)16-6-8-17(27)9-7-16/h5-10,13,19-20,22H,11-12,14H2,1-4H3,(H,29,32)(H2,30,31,33)/t19-,20-,22-,26-/m0/s1. The zero-order chi connectivity index (χ0) is 24.0. The zero-order valence-electron chi connectivity index (χ0n) is 19.5. The summed E-state index contributed by atoms with van der Waals surface area (Å²) in [6, 6.07) is 13.6. The molecule has 0 aromatic heterocycles. The number of hydrogen-bond acceptors (Lipinski definition) is 2. The van der Waals surface area contributed by atoms with Crippen LogP contribution in [0, 0.1) is 12.8 Å². The maximum absolute atomic E-state index is 13.2. The van der Waals surface area contributed by atoms with Crippen LogP contribution in [-0.4, -0.2) is 29.6 Å². The van der Waals surface area contributed by atoms with E-state index in [1.54, 1.807) is 0 Å². The molecule has 1 saturated carbocycles. The molecule has 0 spiro atoms. The lowest BCUT2D eigenvalue weighted by Crippen LogP contribution is -2.64. The van der Waals surface area contributed by atoms with E-state index in [1.165, 1.54) is 0 Å². The Balaban J connectivity index is 1.77. The molecule has 2 aromatic carbocycles. The number of benzene rings is 2. The number of nitrogens with one attached hydrogen (secondary N) is 3. The van der Waals surface area contributed by atoms with Crippen molar-refractivity contribution in [3.8, 4) is 0 Å². The Bertz CT molecular complexity index is 1060. The van der Waals surface area contributed by atoms with Crippen molar-refractivity contribution < 1.29 is 9.59 Å². The highest BCUT2D eigenvalue weighted by molar-refractivity contribution is 6.31. The third-order valence-corrected chi connectivity index (χ3v) is 7.45. The second kappa shape index (κ2) is 8.84. The van der Waals surface area contributed by atoms with Gasteiger partial charge in [-0.05, 0) is 87.3 Å². The van der Waals surface area contributed by atoms with Crippen LogP contribution in [0.5, 0.6) is 0 Å². The van der Waals surface area contributed by atoms with Gasteiger partial charge in [-0.3, -0.25) is 4.79 Å². The van der Waals surface area contributed by atoms with Crippen LogP contribution in [0.15, 0.2) is 42.5 Å². The van der Waals surface area contributed by atoms with Gasteiger partial charge in [-0.1, -0.05) is 47.5 Å². The number of aryl methyl sites for hydroxylation is 1. The van der Waals surface area contributed by atoms with E-state index in [9.17, 15) is 9.59 Å². The minimum absolute atomic E-state index is 0.0230. The van der Waals surface area contributed by atoms with Crippen molar-refractivity contribution in [2.45, 2.75) is 63.5 Å². The Hall–Kier alpha value is -2.24. The summed E-state index contributed by atoms with van der Waals surface area (Å²) in [5.41, 5.74) is 1.88. The Labute approximate surface area is 205 Å². The van der Waals surface area contributed by atoms with Gasteiger partial charge < -0.3 is 16.0 Å². The van der Waals surface area contributed by atoms with Crippen molar-refractivity contribution in [1.29, 1.82) is 0 Å². The number of rotatable bonds is 3. The quantitative estimate of drug-likeness (QED) is 0.531. The lowest BCUT2D eigenvalue weighted by molar-refractivity contribution is -0.126. The van der Waals surface area contributed by atoms with E-state index in [4.69, 9.17) is 23.2 Å². The van der Waals surface area contributed by atoms with E-state index in [2.05, 4.69) is 28.1 Å². The molecule has 3 N–H and O–H groups in total. The van der Waals surface area contributed by atoms with Crippen molar-refractivity contribution in [1.82, 2.24) is 16.0 Å². The van der Waals surface area contributed by atoms with E-state index < -0.39 is 11.1 Å². The van der Waals surface area contributed by atoms with Crippen LogP contribution in [-0.2, 0) is 4.79 Å². The number of amides is 3. The fourth-order valence-corrected chi connectivity index (χ4v) is 6.00. The molecule has 2 aromatic rings. The maximum atomic E-state index is 13.2. The van der Waals surface area contributed by atoms with Crippen LogP contribution < -0.4 is 16.0 Å². The molecule has 1 heterocycles. The van der Waals surface area contributed by atoms with Crippen LogP contribution in [0.3, 0.4) is 0 Å². The molecular weight excluding hydrogens is 457 g/mol. The summed E-state index contributed by atoms with van der Waals surface area (Å²) in [6.07, 6.45) is 1.26. The molecule has 3 amide bonds. The molecule has 0 radical (unpaired) electrons. The summed E-state index contributed by atoms with van der Waals surface area (Å²) < 4.78 is 0. The number of hydrogen-bond donors (Lipinski definition) is 3. The number of halogens is 2. The predicted octanol–water partition coefficient (Wildman–Crippen LogP) is 5.55. The molecule has 2 aliphatic rings. The Morgan fingerprint density at radius 2 is 1.82 bits per heavy atom. The lowest BCUT2D eigenvalue weighted by atomic mass is 9.60. The first kappa shape index (κ1) is 23.9. The molecule has 7 heteroatoms. The van der Waals surface area contributed by atoms with Gasteiger partial charge in [0.25, 0.3) is 0 Å². The van der Waals surface area contributed by atoms with Crippen LogP contribution in [0.2, 0.25) is 10.0 Å². The molecule has 5 nitrogen and oxygen atoms in total. The maximum Gasteiger partial charge on any atom is 0.316 e. The Morgan fingerprint density at radius 3 is 2.45 bits per heavy atom. The summed E-state index contributed by atoms with van der Waals surface area (Å²) in [5.74, 6) is -0.167. The first-order valence-corrected chi connectivity index (χ1v) is 12.2. The van der Waals surface area contributed by atoms with Gasteiger partial charge in [-0.15, -0.1) is 0 Å². The van der Waals surface area contributed by atoms with E-state index in [0.29, 0.717) is 18.0 Å². The largest absolute Gasteiger partial charge is 0.354 e. The van der Waals surface area contributed by atoms with Gasteiger partial charge in [0, 0.05) is 28.0 Å². The molecule has 1 aliphatic carbocycles. The van der Waals surface area contributed by atoms with Crippen molar-refractivity contribution in [2.75, 3.05) is 6.54 Å². The fraction of sp³-hybridized carbons (Fsp3) is 0.462. The summed E-state index contributed by atoms with van der Waals surface area (Å²) in [5, 5.41) is 10.5. The summed E-state index contributed by atoms with van der Waals surface area (Å²) in [7, 11) is 0. The van der Waals surface area contributed by atoms with Crippen LogP contribution in [0.1, 0.15) is 62.1 Å². The monoisotopic (exact) mass is 487 g/mol. The fourth-order valence-electron chi connectivity index (χ4n) is 5.50. The third kappa shape index (κ3) is 4.71. The normalized spacial score (nSPS) is 27.0. The van der Waals surface area contributed by atoms with E-state index in [-0.39, 0.29) is 29.7 Å². The molecule has 4 rings (SSSR count). The summed E-state index contributed by atoms with van der Waals surface area (Å²) in [4.78, 5) is 26.1. The van der Waals surface area contributed by atoms with Gasteiger partial charge in [0.2, 0.25) is 5.91 Å². The molecule has 176 valence electrons. The Morgan fingerprint density at radius 1 is 1.12 bits per heavy atom. The molecular formula is C26H31Cl2N3O2. The van der Waals surface area contributed by atoms with Crippen molar-refractivity contribution in [2.24, 2.45) is 5.92 Å². The van der Waals surface area contributed by atoms with Crippen molar-refractivity contribution in [3.05, 3.63) is 69.2 Å². The average Bonchev–Trinajstić information content (AvgIpc) is 3.03. The van der Waals surface area contributed by atoms with Crippen molar-refractivity contribution in [3.63, 3.8) is 0 Å². The number of carbonyl (C=O) groups excluding carboxylic acids is 2. The molecule has 2 fully saturated rings. The minimum Gasteiger partial charge on any atom is -0.354 e. The predicted molar refractivity (Wildman–Crippen MR) is 133 cm³/mol. The number of carbonyl (C=O) groups is 2. The first-order valence-electron chi connectivity index (χ1n) is 11.4. The molecule has 0 unspecified atom stereocenters. The van der Waals surface area contributed by atoms with Crippen LogP contribution in [0.25, 0.3) is 0 Å². The minimum atomic E-state index is -0.979. The molecule has 4 atom stereocenters. The summed E-state index contributed by atoms with van der Waals surface area (Å²) in [6.45, 7) is 8.27.